The molecule has 0 aromatic heterocycles. The van der Waals surface area contributed by atoms with Gasteiger partial charge in [0, 0.05) is 0 Å². The predicted molar refractivity (Wildman–Crippen MR) is 56.4 cm³/mol. The molecule has 2 atom stereocenters. The minimum absolute atomic E-state index is 0.542. The van der Waals surface area contributed by atoms with Gasteiger partial charge in [-0.2, -0.15) is 0 Å². The van der Waals surface area contributed by atoms with Crippen molar-refractivity contribution in [3.05, 3.63) is 0 Å². The van der Waals surface area contributed by atoms with Crippen molar-refractivity contribution >= 4 is 0 Å². The van der Waals surface area contributed by atoms with Crippen molar-refractivity contribution in [2.45, 2.75) is 46.0 Å². The van der Waals surface area contributed by atoms with Crippen LogP contribution in [0.1, 0.15) is 46.0 Å². The summed E-state index contributed by atoms with van der Waals surface area (Å²) in [5, 5.41) is 0. The Balaban J connectivity index is 2.13. The second-order valence-electron chi connectivity index (χ2n) is 5.86. The van der Waals surface area contributed by atoms with E-state index in [-0.39, 0.29) is 0 Å². The molecule has 0 radical (unpaired) electrons. The summed E-state index contributed by atoms with van der Waals surface area (Å²) in [5.74, 6) is 2.85. The lowest BCUT2D eigenvalue weighted by atomic mass is 9.57. The third kappa shape index (κ3) is 1.76. The third-order valence-corrected chi connectivity index (χ3v) is 4.19. The first kappa shape index (κ1) is 9.51. The van der Waals surface area contributed by atoms with Crippen LogP contribution >= 0.6 is 0 Å². The van der Waals surface area contributed by atoms with Gasteiger partial charge in [-0.05, 0) is 61.8 Å². The van der Waals surface area contributed by atoms with E-state index < -0.39 is 0 Å². The van der Waals surface area contributed by atoms with Gasteiger partial charge in [0.25, 0.3) is 0 Å². The number of nitrogens with two attached hydrogens (primary N) is 1. The second-order valence-corrected chi connectivity index (χ2v) is 5.86. The molecule has 76 valence electrons. The smallest absolute Gasteiger partial charge is 0.00202 e. The van der Waals surface area contributed by atoms with Crippen molar-refractivity contribution in [3.63, 3.8) is 0 Å². The molecular weight excluding hydrogens is 158 g/mol. The summed E-state index contributed by atoms with van der Waals surface area (Å²) in [7, 11) is 0. The lowest BCUT2D eigenvalue weighted by molar-refractivity contribution is 0.0252. The number of rotatable bonds is 1. The van der Waals surface area contributed by atoms with Crippen molar-refractivity contribution in [2.75, 3.05) is 6.54 Å². The first-order valence-corrected chi connectivity index (χ1v) is 5.83. The van der Waals surface area contributed by atoms with E-state index in [1.165, 1.54) is 32.1 Å². The van der Waals surface area contributed by atoms with Crippen molar-refractivity contribution in [1.82, 2.24) is 0 Å². The number of fused-ring (bicyclic) bond motifs is 2. The van der Waals surface area contributed by atoms with Gasteiger partial charge >= 0.3 is 0 Å². The summed E-state index contributed by atoms with van der Waals surface area (Å²) in [6, 6.07) is 0. The monoisotopic (exact) mass is 181 g/mol. The Morgan fingerprint density at radius 1 is 1.08 bits per heavy atom. The van der Waals surface area contributed by atoms with E-state index in [1.807, 2.05) is 0 Å². The van der Waals surface area contributed by atoms with E-state index in [0.717, 1.165) is 24.3 Å². The van der Waals surface area contributed by atoms with Gasteiger partial charge in [-0.3, -0.25) is 0 Å². The highest BCUT2D eigenvalue weighted by Gasteiger charge is 2.42. The molecule has 2 aliphatic carbocycles. The van der Waals surface area contributed by atoms with E-state index in [9.17, 15) is 0 Å². The number of hydrogen-bond donors (Lipinski definition) is 1. The minimum Gasteiger partial charge on any atom is -0.330 e. The molecule has 0 aromatic rings. The normalized spacial score (nSPS) is 50.5. The predicted octanol–water partition coefficient (Wildman–Crippen LogP) is 2.80. The van der Waals surface area contributed by atoms with Crippen LogP contribution in [0, 0.1) is 23.2 Å². The third-order valence-electron chi connectivity index (χ3n) is 4.19. The molecule has 2 fully saturated rings. The van der Waals surface area contributed by atoms with Crippen LogP contribution in [0.5, 0.6) is 0 Å². The van der Waals surface area contributed by atoms with Gasteiger partial charge in [0.15, 0.2) is 0 Å². The summed E-state index contributed by atoms with van der Waals surface area (Å²) < 4.78 is 0. The van der Waals surface area contributed by atoms with E-state index in [4.69, 9.17) is 5.73 Å². The fourth-order valence-electron chi connectivity index (χ4n) is 4.16. The Hall–Kier alpha value is -0.0400. The quantitative estimate of drug-likeness (QED) is 0.661. The van der Waals surface area contributed by atoms with E-state index in [0.29, 0.717) is 5.41 Å². The zero-order valence-corrected chi connectivity index (χ0v) is 9.05. The van der Waals surface area contributed by atoms with Crippen molar-refractivity contribution in [1.29, 1.82) is 0 Å². The zero-order chi connectivity index (χ0) is 9.47. The summed E-state index contributed by atoms with van der Waals surface area (Å²) >= 11 is 0. The van der Waals surface area contributed by atoms with Crippen LogP contribution in [-0.2, 0) is 0 Å². The highest BCUT2D eigenvalue weighted by Crippen LogP contribution is 2.51. The SMILES string of the molecule is CC1CC2CC(C)CC(CN)(C1)C2. The topological polar surface area (TPSA) is 26.0 Å². The van der Waals surface area contributed by atoms with Gasteiger partial charge in [-0.1, -0.05) is 13.8 Å². The van der Waals surface area contributed by atoms with Crippen LogP contribution in [0.15, 0.2) is 0 Å². The highest BCUT2D eigenvalue weighted by molar-refractivity contribution is 4.95. The minimum atomic E-state index is 0.542. The van der Waals surface area contributed by atoms with Crippen molar-refractivity contribution < 1.29 is 0 Å². The van der Waals surface area contributed by atoms with Gasteiger partial charge in [0.2, 0.25) is 0 Å². The molecule has 1 heteroatoms. The Bertz CT molecular complexity index is 168. The first-order valence-electron chi connectivity index (χ1n) is 5.83. The molecule has 0 amide bonds. The van der Waals surface area contributed by atoms with Crippen molar-refractivity contribution in [3.8, 4) is 0 Å². The molecule has 2 unspecified atom stereocenters. The Morgan fingerprint density at radius 2 is 1.62 bits per heavy atom. The highest BCUT2D eigenvalue weighted by atomic mass is 14.6. The molecule has 1 nitrogen and oxygen atoms in total. The lowest BCUT2D eigenvalue weighted by Gasteiger charge is -2.49. The summed E-state index contributed by atoms with van der Waals surface area (Å²) in [6.07, 6.45) is 7.14. The maximum Gasteiger partial charge on any atom is -0.00202 e. The van der Waals surface area contributed by atoms with Gasteiger partial charge < -0.3 is 5.73 Å². The van der Waals surface area contributed by atoms with E-state index >= 15 is 0 Å². The van der Waals surface area contributed by atoms with Crippen LogP contribution < -0.4 is 5.73 Å². The van der Waals surface area contributed by atoms with Crippen LogP contribution in [0.25, 0.3) is 0 Å². The fraction of sp³-hybridized carbons (Fsp3) is 1.00. The summed E-state index contributed by atoms with van der Waals surface area (Å²) in [4.78, 5) is 0. The van der Waals surface area contributed by atoms with Crippen LogP contribution in [0.2, 0.25) is 0 Å². The molecule has 0 heterocycles. The van der Waals surface area contributed by atoms with Gasteiger partial charge in [0.05, 0.1) is 0 Å². The first-order chi connectivity index (χ1) is 6.13. The Morgan fingerprint density at radius 3 is 2.08 bits per heavy atom. The molecule has 0 aliphatic heterocycles. The molecule has 0 saturated heterocycles. The van der Waals surface area contributed by atoms with Crippen LogP contribution in [0.4, 0.5) is 0 Å². The Kier molecular flexibility index (Phi) is 2.39. The van der Waals surface area contributed by atoms with Crippen LogP contribution in [0.3, 0.4) is 0 Å². The van der Waals surface area contributed by atoms with Gasteiger partial charge in [-0.25, -0.2) is 0 Å². The van der Waals surface area contributed by atoms with Gasteiger partial charge in [0.1, 0.15) is 0 Å². The molecule has 2 bridgehead atoms. The molecule has 13 heavy (non-hydrogen) atoms. The van der Waals surface area contributed by atoms with Gasteiger partial charge in [-0.15, -0.1) is 0 Å². The largest absolute Gasteiger partial charge is 0.330 e. The molecule has 2 rings (SSSR count). The molecular formula is C12H23N. The molecule has 0 aromatic carbocycles. The molecule has 0 spiro atoms. The van der Waals surface area contributed by atoms with Crippen molar-refractivity contribution in [2.24, 2.45) is 28.9 Å². The standard InChI is InChI=1S/C12H23N/c1-9-3-11-4-10(2)6-12(5-9,7-11)8-13/h9-11H,3-8,13H2,1-2H3. The average molecular weight is 181 g/mol. The van der Waals surface area contributed by atoms with E-state index in [2.05, 4.69) is 13.8 Å². The molecule has 2 N–H and O–H groups in total. The number of hydrogen-bond acceptors (Lipinski definition) is 1. The van der Waals surface area contributed by atoms with E-state index in [1.54, 1.807) is 0 Å². The molecule has 2 aliphatic rings. The molecule has 2 saturated carbocycles. The van der Waals surface area contributed by atoms with Crippen LogP contribution in [-0.4, -0.2) is 6.54 Å². The lowest BCUT2D eigenvalue weighted by Crippen LogP contribution is -2.43. The Labute approximate surface area is 82.1 Å². The fourth-order valence-corrected chi connectivity index (χ4v) is 4.16. The average Bonchev–Trinajstić information content (AvgIpc) is 2.01. The second kappa shape index (κ2) is 3.27. The zero-order valence-electron chi connectivity index (χ0n) is 9.05. The maximum atomic E-state index is 5.97. The summed E-state index contributed by atoms with van der Waals surface area (Å²) in [5.41, 5.74) is 6.51. The maximum absolute atomic E-state index is 5.97. The summed E-state index contributed by atoms with van der Waals surface area (Å²) in [6.45, 7) is 5.75.